The number of hydrogen-bond donors (Lipinski definition) is 3. The summed E-state index contributed by atoms with van der Waals surface area (Å²) in [5, 5.41) is 3.32. The number of hydrogen-bond acceptors (Lipinski definition) is 8. The summed E-state index contributed by atoms with van der Waals surface area (Å²) in [6.45, 7) is 8.44. The monoisotopic (exact) mass is 554 g/mol. The Morgan fingerprint density at radius 1 is 1.30 bits per heavy atom. The Morgan fingerprint density at radius 3 is 2.70 bits per heavy atom. The van der Waals surface area contributed by atoms with Crippen molar-refractivity contribution in [2.24, 2.45) is 17.1 Å². The van der Waals surface area contributed by atoms with Gasteiger partial charge in [-0.2, -0.15) is 16.5 Å². The standard InChI is InChI=1S/C26H42N4O5S2/c1-19(31)35-14-10-20-8-12-30(13-9-20)25(32)22(17-36-15-5-11-27)29-37(33,34)23-7-4-6-21-16-26(2,3)18-28-24(21)23/h4,6-7,20,22,28-29H,5,8-18,27H2,1-3H3/t22-/m0/s1. The van der Waals surface area contributed by atoms with Gasteiger partial charge in [0.1, 0.15) is 10.9 Å². The van der Waals surface area contributed by atoms with Gasteiger partial charge in [0, 0.05) is 32.3 Å². The van der Waals surface area contributed by atoms with Crippen molar-refractivity contribution >= 4 is 39.3 Å². The maximum atomic E-state index is 13.6. The van der Waals surface area contributed by atoms with Gasteiger partial charge in [0.25, 0.3) is 0 Å². The highest BCUT2D eigenvalue weighted by Crippen LogP contribution is 2.36. The molecule has 4 N–H and O–H groups in total. The topological polar surface area (TPSA) is 131 Å². The van der Waals surface area contributed by atoms with Crippen LogP contribution in [0.25, 0.3) is 0 Å². The Morgan fingerprint density at radius 2 is 2.03 bits per heavy atom. The van der Waals surface area contributed by atoms with Gasteiger partial charge in [0.15, 0.2) is 0 Å². The summed E-state index contributed by atoms with van der Waals surface area (Å²) < 4.78 is 35.0. The highest BCUT2D eigenvalue weighted by atomic mass is 32.2. The van der Waals surface area contributed by atoms with Crippen LogP contribution >= 0.6 is 11.8 Å². The third kappa shape index (κ3) is 8.59. The number of likely N-dealkylation sites (tertiary alicyclic amines) is 1. The number of carbonyl (C=O) groups excluding carboxylic acids is 2. The summed E-state index contributed by atoms with van der Waals surface area (Å²) in [6.07, 6.45) is 3.97. The smallest absolute Gasteiger partial charge is 0.302 e. The number of anilines is 1. The highest BCUT2D eigenvalue weighted by molar-refractivity contribution is 7.99. The van der Waals surface area contributed by atoms with Crippen LogP contribution < -0.4 is 15.8 Å². The van der Waals surface area contributed by atoms with Gasteiger partial charge in [0.2, 0.25) is 15.9 Å². The third-order valence-corrected chi connectivity index (χ3v) is 9.61. The van der Waals surface area contributed by atoms with Crippen molar-refractivity contribution in [3.63, 3.8) is 0 Å². The largest absolute Gasteiger partial charge is 0.466 e. The third-order valence-electron chi connectivity index (χ3n) is 6.95. The molecule has 0 aliphatic carbocycles. The molecule has 1 aromatic rings. The molecule has 2 aliphatic heterocycles. The Labute approximate surface area is 225 Å². The van der Waals surface area contributed by atoms with E-state index in [0.29, 0.717) is 50.1 Å². The molecule has 1 fully saturated rings. The maximum Gasteiger partial charge on any atom is 0.302 e. The minimum atomic E-state index is -3.94. The van der Waals surface area contributed by atoms with Gasteiger partial charge < -0.3 is 20.7 Å². The molecule has 2 heterocycles. The summed E-state index contributed by atoms with van der Waals surface area (Å²) in [7, 11) is -3.94. The molecule has 0 unspecified atom stereocenters. The van der Waals surface area contributed by atoms with Crippen LogP contribution in [0.4, 0.5) is 5.69 Å². The molecule has 1 saturated heterocycles. The van der Waals surface area contributed by atoms with Crippen molar-refractivity contribution in [1.82, 2.24) is 9.62 Å². The summed E-state index contributed by atoms with van der Waals surface area (Å²) >= 11 is 1.54. The molecule has 0 saturated carbocycles. The maximum absolute atomic E-state index is 13.6. The van der Waals surface area contributed by atoms with E-state index in [-0.39, 0.29) is 22.2 Å². The van der Waals surface area contributed by atoms with Crippen molar-refractivity contribution in [2.75, 3.05) is 49.6 Å². The number of thioether (sulfide) groups is 1. The van der Waals surface area contributed by atoms with Crippen molar-refractivity contribution in [3.05, 3.63) is 23.8 Å². The fraction of sp³-hybridized carbons (Fsp3) is 0.692. The molecule has 1 aromatic carbocycles. The molecule has 1 atom stereocenters. The number of carbonyl (C=O) groups is 2. The van der Waals surface area contributed by atoms with Gasteiger partial charge in [-0.15, -0.1) is 0 Å². The summed E-state index contributed by atoms with van der Waals surface area (Å²) in [5.74, 6) is 1.01. The number of nitrogens with zero attached hydrogens (tertiary/aromatic N) is 1. The van der Waals surface area contributed by atoms with Crippen LogP contribution in [0.1, 0.15) is 52.0 Å². The molecule has 3 rings (SSSR count). The van der Waals surface area contributed by atoms with Gasteiger partial charge in [0.05, 0.1) is 12.3 Å². The molecule has 0 aromatic heterocycles. The second-order valence-electron chi connectivity index (χ2n) is 10.8. The van der Waals surface area contributed by atoms with E-state index in [4.69, 9.17) is 10.5 Å². The van der Waals surface area contributed by atoms with Crippen LogP contribution in [0.15, 0.2) is 23.1 Å². The van der Waals surface area contributed by atoms with Crippen LogP contribution in [0.2, 0.25) is 0 Å². The molecule has 9 nitrogen and oxygen atoms in total. The Balaban J connectivity index is 1.70. The molecule has 0 radical (unpaired) electrons. The Bertz CT molecular complexity index is 1040. The van der Waals surface area contributed by atoms with E-state index in [9.17, 15) is 18.0 Å². The first-order valence-corrected chi connectivity index (χ1v) is 15.7. The second kappa shape index (κ2) is 13.3. The van der Waals surface area contributed by atoms with E-state index in [2.05, 4.69) is 23.9 Å². The number of fused-ring (bicyclic) bond motifs is 1. The quantitative estimate of drug-likeness (QED) is 0.266. The second-order valence-corrected chi connectivity index (χ2v) is 13.6. The van der Waals surface area contributed by atoms with Crippen LogP contribution in [-0.2, 0) is 30.8 Å². The lowest BCUT2D eigenvalue weighted by Gasteiger charge is -2.35. The first kappa shape index (κ1) is 29.7. The number of amides is 1. The van der Waals surface area contributed by atoms with Crippen molar-refractivity contribution in [1.29, 1.82) is 0 Å². The fourth-order valence-corrected chi connectivity index (χ4v) is 7.40. The molecule has 37 heavy (non-hydrogen) atoms. The van der Waals surface area contributed by atoms with Gasteiger partial charge in [-0.25, -0.2) is 8.42 Å². The number of nitrogens with one attached hydrogen (secondary N) is 2. The zero-order valence-electron chi connectivity index (χ0n) is 22.3. The lowest BCUT2D eigenvalue weighted by atomic mass is 9.82. The fourth-order valence-electron chi connectivity index (χ4n) is 4.88. The van der Waals surface area contributed by atoms with Crippen LogP contribution in [-0.4, -0.2) is 75.5 Å². The number of rotatable bonds is 12. The lowest BCUT2D eigenvalue weighted by Crippen LogP contribution is -2.52. The number of piperidine rings is 1. The van der Waals surface area contributed by atoms with E-state index in [1.165, 1.54) is 18.7 Å². The van der Waals surface area contributed by atoms with E-state index in [0.717, 1.165) is 43.4 Å². The number of sulfonamides is 1. The van der Waals surface area contributed by atoms with Crippen LogP contribution in [0.3, 0.4) is 0 Å². The molecular weight excluding hydrogens is 512 g/mol. The number of para-hydroxylation sites is 1. The molecule has 0 bridgehead atoms. The number of ether oxygens (including phenoxy) is 1. The molecule has 0 spiro atoms. The lowest BCUT2D eigenvalue weighted by molar-refractivity contribution is -0.141. The minimum Gasteiger partial charge on any atom is -0.466 e. The molecule has 1 amide bonds. The zero-order valence-corrected chi connectivity index (χ0v) is 23.9. The summed E-state index contributed by atoms with van der Waals surface area (Å²) in [5.41, 5.74) is 7.24. The zero-order chi connectivity index (χ0) is 27.1. The molecule has 11 heteroatoms. The molecule has 2 aliphatic rings. The number of benzene rings is 1. The van der Waals surface area contributed by atoms with E-state index < -0.39 is 16.1 Å². The molecular formula is C26H42N4O5S2. The van der Waals surface area contributed by atoms with Gasteiger partial charge in [-0.3, -0.25) is 9.59 Å². The summed E-state index contributed by atoms with van der Waals surface area (Å²) in [6, 6.07) is 4.47. The van der Waals surface area contributed by atoms with E-state index in [1.807, 2.05) is 6.07 Å². The number of esters is 1. The van der Waals surface area contributed by atoms with Gasteiger partial charge >= 0.3 is 5.97 Å². The minimum absolute atomic E-state index is 0.0330. The van der Waals surface area contributed by atoms with Gasteiger partial charge in [-0.1, -0.05) is 26.0 Å². The van der Waals surface area contributed by atoms with E-state index in [1.54, 1.807) is 17.0 Å². The summed E-state index contributed by atoms with van der Waals surface area (Å²) in [4.78, 5) is 26.5. The first-order valence-electron chi connectivity index (χ1n) is 13.1. The Kier molecular flexibility index (Phi) is 10.7. The van der Waals surface area contributed by atoms with Gasteiger partial charge in [-0.05, 0) is 67.4 Å². The molecule has 208 valence electrons. The Hall–Kier alpha value is -1.82. The van der Waals surface area contributed by atoms with Crippen molar-refractivity contribution in [3.8, 4) is 0 Å². The van der Waals surface area contributed by atoms with Crippen molar-refractivity contribution in [2.45, 2.75) is 63.8 Å². The average molecular weight is 555 g/mol. The first-order chi connectivity index (χ1) is 17.5. The predicted molar refractivity (Wildman–Crippen MR) is 148 cm³/mol. The number of nitrogens with two attached hydrogens (primary N) is 1. The van der Waals surface area contributed by atoms with Crippen LogP contribution in [0.5, 0.6) is 0 Å². The predicted octanol–water partition coefficient (Wildman–Crippen LogP) is 2.60. The SMILES string of the molecule is CC(=O)OCCC1CCN(C(=O)[C@H](CSCCCN)NS(=O)(=O)c2cccc3c2NCC(C)(C)C3)CC1. The highest BCUT2D eigenvalue weighted by Gasteiger charge is 2.34. The normalized spacial score (nSPS) is 18.5. The van der Waals surface area contributed by atoms with Crippen molar-refractivity contribution < 1.29 is 22.7 Å². The average Bonchev–Trinajstić information content (AvgIpc) is 2.84. The van der Waals surface area contributed by atoms with E-state index >= 15 is 0 Å². The van der Waals surface area contributed by atoms with Crippen LogP contribution in [0, 0.1) is 11.3 Å².